The van der Waals surface area contributed by atoms with Crippen molar-refractivity contribution in [3.05, 3.63) is 29.3 Å². The number of fused-ring (bicyclic) bond motifs is 1. The fraction of sp³-hybridized carbons (Fsp3) is 0.632. The van der Waals surface area contributed by atoms with E-state index < -0.39 is 0 Å². The van der Waals surface area contributed by atoms with Gasteiger partial charge in [0, 0.05) is 44.5 Å². The summed E-state index contributed by atoms with van der Waals surface area (Å²) >= 11 is 0. The predicted molar refractivity (Wildman–Crippen MR) is 94.6 cm³/mol. The highest BCUT2D eigenvalue weighted by Gasteiger charge is 2.39. The zero-order valence-electron chi connectivity index (χ0n) is 14.7. The number of carbonyl (C=O) groups is 1. The number of benzene rings is 1. The molecule has 0 aromatic heterocycles. The van der Waals surface area contributed by atoms with Gasteiger partial charge in [0.15, 0.2) is 0 Å². The summed E-state index contributed by atoms with van der Waals surface area (Å²) < 4.78 is 5.19. The van der Waals surface area contributed by atoms with Crippen molar-refractivity contribution in [3.8, 4) is 0 Å². The molecule has 0 spiro atoms. The van der Waals surface area contributed by atoms with Gasteiger partial charge in [0.2, 0.25) is 0 Å². The lowest BCUT2D eigenvalue weighted by molar-refractivity contribution is 0.0778. The summed E-state index contributed by atoms with van der Waals surface area (Å²) in [6.45, 7) is 10.0. The van der Waals surface area contributed by atoms with Crippen LogP contribution in [0, 0.1) is 13.8 Å². The number of aryl methyl sites for hydroxylation is 1. The van der Waals surface area contributed by atoms with Gasteiger partial charge in [-0.25, -0.2) is 4.79 Å². The summed E-state index contributed by atoms with van der Waals surface area (Å²) in [5.41, 5.74) is 4.18. The number of nitrogens with zero attached hydrogens (tertiary/aromatic N) is 3. The maximum atomic E-state index is 11.6. The Morgan fingerprint density at radius 2 is 1.83 bits per heavy atom. The van der Waals surface area contributed by atoms with Crippen LogP contribution in [-0.4, -0.2) is 67.3 Å². The lowest BCUT2D eigenvalue weighted by atomic mass is 9.99. The van der Waals surface area contributed by atoms with E-state index in [1.165, 1.54) is 29.7 Å². The van der Waals surface area contributed by atoms with E-state index in [4.69, 9.17) is 4.74 Å². The van der Waals surface area contributed by atoms with Crippen molar-refractivity contribution >= 4 is 11.8 Å². The van der Waals surface area contributed by atoms with E-state index in [0.29, 0.717) is 12.6 Å². The minimum Gasteiger partial charge on any atom is -0.447 e. The summed E-state index contributed by atoms with van der Waals surface area (Å²) in [6, 6.07) is 7.52. The van der Waals surface area contributed by atoms with Gasteiger partial charge in [-0.1, -0.05) is 12.1 Å². The second kappa shape index (κ2) is 6.28. The van der Waals surface area contributed by atoms with Crippen LogP contribution >= 0.6 is 0 Å². The highest BCUT2D eigenvalue weighted by atomic mass is 16.6. The van der Waals surface area contributed by atoms with Crippen LogP contribution in [0.15, 0.2) is 18.2 Å². The standard InChI is InChI=1S/C19H27N3O2/c1-14-4-3-5-18(15(14)2)20-8-6-16(7-9-20)21-10-11-22-17(12-21)13-24-19(22)23/h3-5,16-17H,6-13H2,1-2H3/t17-/m1/s1. The topological polar surface area (TPSA) is 36.0 Å². The number of carbonyl (C=O) groups excluding carboxylic acids is 1. The van der Waals surface area contributed by atoms with Crippen molar-refractivity contribution in [1.29, 1.82) is 0 Å². The van der Waals surface area contributed by atoms with Crippen LogP contribution in [0.3, 0.4) is 0 Å². The molecule has 0 saturated carbocycles. The van der Waals surface area contributed by atoms with Crippen LogP contribution in [0.2, 0.25) is 0 Å². The number of amides is 1. The molecule has 3 heterocycles. The molecule has 4 rings (SSSR count). The second-order valence-corrected chi connectivity index (χ2v) is 7.36. The third-order valence-corrected chi connectivity index (χ3v) is 6.05. The number of piperidine rings is 1. The van der Waals surface area contributed by atoms with Gasteiger partial charge in [0.25, 0.3) is 0 Å². The summed E-state index contributed by atoms with van der Waals surface area (Å²) in [4.78, 5) is 18.7. The number of anilines is 1. The van der Waals surface area contributed by atoms with Crippen molar-refractivity contribution in [1.82, 2.24) is 9.80 Å². The van der Waals surface area contributed by atoms with Gasteiger partial charge in [-0.05, 0) is 43.9 Å². The van der Waals surface area contributed by atoms with Gasteiger partial charge in [-0.15, -0.1) is 0 Å². The first-order valence-corrected chi connectivity index (χ1v) is 9.12. The van der Waals surface area contributed by atoms with E-state index >= 15 is 0 Å². The molecule has 1 atom stereocenters. The summed E-state index contributed by atoms with van der Waals surface area (Å²) in [7, 11) is 0. The maximum Gasteiger partial charge on any atom is 0.410 e. The van der Waals surface area contributed by atoms with E-state index in [1.54, 1.807) is 0 Å². The Labute approximate surface area is 144 Å². The molecule has 3 saturated heterocycles. The minimum atomic E-state index is -0.121. The summed E-state index contributed by atoms with van der Waals surface area (Å²) in [6.07, 6.45) is 2.29. The third-order valence-electron chi connectivity index (χ3n) is 6.05. The number of ether oxygens (including phenoxy) is 1. The minimum absolute atomic E-state index is 0.121. The molecule has 130 valence electrons. The van der Waals surface area contributed by atoms with Gasteiger partial charge in [0.1, 0.15) is 6.61 Å². The number of cyclic esters (lactones) is 1. The van der Waals surface area contributed by atoms with Gasteiger partial charge in [-0.3, -0.25) is 9.80 Å². The largest absolute Gasteiger partial charge is 0.447 e. The molecule has 0 N–H and O–H groups in total. The molecule has 0 unspecified atom stereocenters. The van der Waals surface area contributed by atoms with E-state index in [2.05, 4.69) is 41.8 Å². The quantitative estimate of drug-likeness (QED) is 0.835. The highest BCUT2D eigenvalue weighted by Crippen LogP contribution is 2.28. The van der Waals surface area contributed by atoms with Crippen molar-refractivity contribution in [2.45, 2.75) is 38.8 Å². The molecule has 24 heavy (non-hydrogen) atoms. The smallest absolute Gasteiger partial charge is 0.410 e. The molecular formula is C19H27N3O2. The molecule has 3 aliphatic heterocycles. The van der Waals surface area contributed by atoms with Crippen LogP contribution in [0.4, 0.5) is 10.5 Å². The Morgan fingerprint density at radius 1 is 1.04 bits per heavy atom. The van der Waals surface area contributed by atoms with E-state index in [9.17, 15) is 4.79 Å². The van der Waals surface area contributed by atoms with Crippen LogP contribution in [0.25, 0.3) is 0 Å². The summed E-state index contributed by atoms with van der Waals surface area (Å²) in [5.74, 6) is 0. The first kappa shape index (κ1) is 15.8. The average Bonchev–Trinajstić information content (AvgIpc) is 2.98. The molecule has 1 amide bonds. The molecule has 1 aromatic rings. The summed E-state index contributed by atoms with van der Waals surface area (Å²) in [5, 5.41) is 0. The van der Waals surface area contributed by atoms with Crippen molar-refractivity contribution in [3.63, 3.8) is 0 Å². The Morgan fingerprint density at radius 3 is 2.62 bits per heavy atom. The molecule has 0 aliphatic carbocycles. The van der Waals surface area contributed by atoms with Crippen LogP contribution in [-0.2, 0) is 4.74 Å². The van der Waals surface area contributed by atoms with E-state index in [1.807, 2.05) is 4.90 Å². The Balaban J connectivity index is 1.36. The number of hydrogen-bond acceptors (Lipinski definition) is 4. The molecule has 5 nitrogen and oxygen atoms in total. The molecule has 3 fully saturated rings. The van der Waals surface area contributed by atoms with Gasteiger partial charge < -0.3 is 9.64 Å². The van der Waals surface area contributed by atoms with Gasteiger partial charge >= 0.3 is 6.09 Å². The van der Waals surface area contributed by atoms with Gasteiger partial charge in [-0.2, -0.15) is 0 Å². The fourth-order valence-electron chi connectivity index (χ4n) is 4.39. The number of piperazine rings is 1. The predicted octanol–water partition coefficient (Wildman–Crippen LogP) is 2.41. The van der Waals surface area contributed by atoms with Gasteiger partial charge in [0.05, 0.1) is 6.04 Å². The fourth-order valence-corrected chi connectivity index (χ4v) is 4.39. The lowest BCUT2D eigenvalue weighted by Crippen LogP contribution is -2.56. The zero-order valence-corrected chi connectivity index (χ0v) is 14.7. The first-order valence-electron chi connectivity index (χ1n) is 9.12. The van der Waals surface area contributed by atoms with Crippen molar-refractivity contribution < 1.29 is 9.53 Å². The monoisotopic (exact) mass is 329 g/mol. The third kappa shape index (κ3) is 2.75. The Bertz CT molecular complexity index is 625. The Kier molecular flexibility index (Phi) is 4.12. The Hall–Kier alpha value is -1.75. The molecular weight excluding hydrogens is 302 g/mol. The SMILES string of the molecule is Cc1cccc(N2CCC(N3CCN4C(=O)OC[C@H]4C3)CC2)c1C. The van der Waals surface area contributed by atoms with Crippen molar-refractivity contribution in [2.75, 3.05) is 44.2 Å². The first-order chi connectivity index (χ1) is 11.6. The molecule has 0 bridgehead atoms. The highest BCUT2D eigenvalue weighted by molar-refractivity contribution is 5.70. The van der Waals surface area contributed by atoms with Crippen molar-refractivity contribution in [2.24, 2.45) is 0 Å². The molecule has 0 radical (unpaired) electrons. The molecule has 3 aliphatic rings. The lowest BCUT2D eigenvalue weighted by Gasteiger charge is -2.44. The van der Waals surface area contributed by atoms with Crippen LogP contribution in [0.1, 0.15) is 24.0 Å². The number of hydrogen-bond donors (Lipinski definition) is 0. The van der Waals surface area contributed by atoms with Crippen LogP contribution in [0.5, 0.6) is 0 Å². The van der Waals surface area contributed by atoms with E-state index in [0.717, 1.165) is 32.7 Å². The second-order valence-electron chi connectivity index (χ2n) is 7.36. The molecule has 5 heteroatoms. The molecule has 1 aromatic carbocycles. The normalized spacial score (nSPS) is 25.8. The van der Waals surface area contributed by atoms with E-state index in [-0.39, 0.29) is 12.1 Å². The zero-order chi connectivity index (χ0) is 16.7. The maximum absolute atomic E-state index is 11.6. The average molecular weight is 329 g/mol. The van der Waals surface area contributed by atoms with Crippen LogP contribution < -0.4 is 4.90 Å². The number of rotatable bonds is 2.